The molecule has 0 amide bonds. The van der Waals surface area contributed by atoms with E-state index in [1.54, 1.807) is 42.6 Å². The van der Waals surface area contributed by atoms with Gasteiger partial charge in [0, 0.05) is 35.6 Å². The van der Waals surface area contributed by atoms with Gasteiger partial charge in [0.05, 0.1) is 17.4 Å². The molecular weight excluding hydrogens is 494 g/mol. The Morgan fingerprint density at radius 1 is 0.973 bits per heavy atom. The van der Waals surface area contributed by atoms with Crippen LogP contribution in [0.15, 0.2) is 79.0 Å². The Labute approximate surface area is 218 Å². The van der Waals surface area contributed by atoms with E-state index in [1.165, 1.54) is 6.07 Å². The van der Waals surface area contributed by atoms with Crippen LogP contribution in [0.2, 0.25) is 5.02 Å². The van der Waals surface area contributed by atoms with E-state index in [-0.39, 0.29) is 29.4 Å². The minimum Gasteiger partial charge on any atom is -0.478 e. The number of nitrogens with one attached hydrogen (secondary N) is 1. The van der Waals surface area contributed by atoms with E-state index >= 15 is 0 Å². The molecule has 1 aliphatic heterocycles. The Morgan fingerprint density at radius 3 is 2.46 bits per heavy atom. The second-order valence-corrected chi connectivity index (χ2v) is 8.81. The summed E-state index contributed by atoms with van der Waals surface area (Å²) in [6, 6.07) is 20.8. The topological polar surface area (TPSA) is 101 Å². The number of aromatic carboxylic acids is 1. The van der Waals surface area contributed by atoms with Crippen LogP contribution in [0.3, 0.4) is 0 Å². The number of hydrogen-bond donors (Lipinski definition) is 2. The van der Waals surface area contributed by atoms with Gasteiger partial charge < -0.3 is 24.8 Å². The number of pyridine rings is 1. The van der Waals surface area contributed by atoms with Crippen molar-refractivity contribution >= 4 is 40.4 Å². The second kappa shape index (κ2) is 10.2. The first-order valence-corrected chi connectivity index (χ1v) is 11.8. The summed E-state index contributed by atoms with van der Waals surface area (Å²) in [6.45, 7) is 0.551. The summed E-state index contributed by atoms with van der Waals surface area (Å²) in [7, 11) is 1.89. The predicted octanol–water partition coefficient (Wildman–Crippen LogP) is 5.77. The molecule has 8 nitrogen and oxygen atoms in total. The van der Waals surface area contributed by atoms with E-state index < -0.39 is 5.97 Å². The largest absolute Gasteiger partial charge is 0.478 e. The number of ketones is 1. The number of fused-ring (bicyclic) bond motifs is 1. The number of rotatable bonds is 8. The Morgan fingerprint density at radius 2 is 1.73 bits per heavy atom. The predicted molar refractivity (Wildman–Crippen MR) is 140 cm³/mol. The zero-order chi connectivity index (χ0) is 25.9. The molecule has 0 spiro atoms. The van der Waals surface area contributed by atoms with Crippen molar-refractivity contribution < 1.29 is 24.2 Å². The van der Waals surface area contributed by atoms with Crippen LogP contribution in [0.5, 0.6) is 11.5 Å². The number of carbonyl (C=O) groups is 2. The Hall–Kier alpha value is -4.56. The first-order chi connectivity index (χ1) is 17.9. The third kappa shape index (κ3) is 5.19. The molecule has 3 aromatic carbocycles. The van der Waals surface area contributed by atoms with Crippen molar-refractivity contribution in [2.45, 2.75) is 6.54 Å². The van der Waals surface area contributed by atoms with Crippen molar-refractivity contribution in [2.75, 3.05) is 24.1 Å². The molecule has 0 aliphatic carbocycles. The van der Waals surface area contributed by atoms with Crippen molar-refractivity contribution in [1.29, 1.82) is 0 Å². The summed E-state index contributed by atoms with van der Waals surface area (Å²) >= 11 is 5.96. The quantitative estimate of drug-likeness (QED) is 0.285. The first kappa shape index (κ1) is 24.1. The molecule has 0 saturated carbocycles. The zero-order valence-electron chi connectivity index (χ0n) is 19.8. The summed E-state index contributed by atoms with van der Waals surface area (Å²) in [5, 5.41) is 13.5. The SMILES string of the molecule is CN(c1ccc(Cl)cc1)c1ccc(C(=O)c2ccc(NCc3ccc4c(c3)OCO4)c(C(=O)O)c2)nc1. The van der Waals surface area contributed by atoms with Crippen LogP contribution in [-0.4, -0.2) is 35.7 Å². The normalized spacial score (nSPS) is 11.7. The Balaban J connectivity index is 1.31. The van der Waals surface area contributed by atoms with Crippen LogP contribution in [0.25, 0.3) is 0 Å². The minimum absolute atomic E-state index is 0.00862. The van der Waals surface area contributed by atoms with Gasteiger partial charge in [-0.1, -0.05) is 17.7 Å². The van der Waals surface area contributed by atoms with Crippen molar-refractivity contribution in [1.82, 2.24) is 4.98 Å². The van der Waals surface area contributed by atoms with Crippen molar-refractivity contribution in [3.05, 3.63) is 106 Å². The number of aromatic nitrogens is 1. The van der Waals surface area contributed by atoms with Gasteiger partial charge in [0.25, 0.3) is 0 Å². The summed E-state index contributed by atoms with van der Waals surface area (Å²) in [6.07, 6.45) is 1.60. The van der Waals surface area contributed by atoms with Gasteiger partial charge in [0.2, 0.25) is 12.6 Å². The number of hydrogen-bond acceptors (Lipinski definition) is 7. The van der Waals surface area contributed by atoms with Gasteiger partial charge >= 0.3 is 5.97 Å². The fraction of sp³-hybridized carbons (Fsp3) is 0.107. The molecule has 0 saturated heterocycles. The van der Waals surface area contributed by atoms with Crippen molar-refractivity contribution in [3.63, 3.8) is 0 Å². The van der Waals surface area contributed by atoms with Crippen molar-refractivity contribution in [2.24, 2.45) is 0 Å². The van der Waals surface area contributed by atoms with E-state index in [1.807, 2.05) is 42.3 Å². The van der Waals surface area contributed by atoms with Gasteiger partial charge in [-0.3, -0.25) is 9.78 Å². The molecular formula is C28H22ClN3O5. The molecule has 2 heterocycles. The van der Waals surface area contributed by atoms with E-state index in [9.17, 15) is 14.7 Å². The highest BCUT2D eigenvalue weighted by atomic mass is 35.5. The molecule has 4 aromatic rings. The first-order valence-electron chi connectivity index (χ1n) is 11.4. The average molecular weight is 516 g/mol. The van der Waals surface area contributed by atoms with Crippen molar-refractivity contribution in [3.8, 4) is 11.5 Å². The summed E-state index contributed by atoms with van der Waals surface area (Å²) < 4.78 is 10.7. The van der Waals surface area contributed by atoms with E-state index in [4.69, 9.17) is 21.1 Å². The molecule has 0 fully saturated rings. The van der Waals surface area contributed by atoms with Gasteiger partial charge in [-0.15, -0.1) is 0 Å². The van der Waals surface area contributed by atoms with Crippen LogP contribution in [0, 0.1) is 0 Å². The summed E-state index contributed by atoms with van der Waals surface area (Å²) in [5.74, 6) is -0.186. The van der Waals surface area contributed by atoms with Gasteiger partial charge in [0.1, 0.15) is 5.69 Å². The highest BCUT2D eigenvalue weighted by molar-refractivity contribution is 6.30. The average Bonchev–Trinajstić information content (AvgIpc) is 3.39. The maximum absolute atomic E-state index is 13.1. The molecule has 1 aromatic heterocycles. The molecule has 9 heteroatoms. The number of carboxylic acids is 1. The van der Waals surface area contributed by atoms with Crippen LogP contribution < -0.4 is 19.7 Å². The minimum atomic E-state index is -1.14. The lowest BCUT2D eigenvalue weighted by atomic mass is 10.0. The number of nitrogens with zero attached hydrogens (tertiary/aromatic N) is 2. The second-order valence-electron chi connectivity index (χ2n) is 8.37. The maximum atomic E-state index is 13.1. The third-order valence-electron chi connectivity index (χ3n) is 6.01. The van der Waals surface area contributed by atoms with Crippen LogP contribution in [0.4, 0.5) is 17.1 Å². The fourth-order valence-corrected chi connectivity index (χ4v) is 4.07. The van der Waals surface area contributed by atoms with Gasteiger partial charge in [-0.05, 0) is 72.3 Å². The Bertz CT molecular complexity index is 1470. The summed E-state index contributed by atoms with van der Waals surface area (Å²) in [4.78, 5) is 31.3. The van der Waals surface area contributed by atoms with Crippen LogP contribution >= 0.6 is 11.6 Å². The molecule has 37 heavy (non-hydrogen) atoms. The number of carboxylic acid groups (broad SMARTS) is 1. The molecule has 0 radical (unpaired) electrons. The highest BCUT2D eigenvalue weighted by Gasteiger charge is 2.18. The molecule has 0 atom stereocenters. The van der Waals surface area contributed by atoms with E-state index in [0.717, 1.165) is 16.9 Å². The summed E-state index contributed by atoms with van der Waals surface area (Å²) in [5.41, 5.74) is 3.44. The molecule has 0 bridgehead atoms. The van der Waals surface area contributed by atoms with Crippen LogP contribution in [0.1, 0.15) is 32.0 Å². The lowest BCUT2D eigenvalue weighted by molar-refractivity contribution is 0.0698. The number of ether oxygens (including phenoxy) is 2. The van der Waals surface area contributed by atoms with E-state index in [0.29, 0.717) is 28.8 Å². The Kier molecular flexibility index (Phi) is 6.66. The third-order valence-corrected chi connectivity index (χ3v) is 6.27. The molecule has 0 unspecified atom stereocenters. The number of carbonyl (C=O) groups excluding carboxylic acids is 1. The fourth-order valence-electron chi connectivity index (χ4n) is 3.95. The van der Waals surface area contributed by atoms with Gasteiger partial charge in [-0.25, -0.2) is 4.79 Å². The smallest absolute Gasteiger partial charge is 0.337 e. The standard InChI is InChI=1S/C28H22ClN3O5/c1-32(20-6-4-19(29)5-7-20)21-8-10-24(31-15-21)27(33)18-3-9-23(22(13-18)28(34)35)30-14-17-2-11-25-26(12-17)37-16-36-25/h2-13,15,30H,14,16H2,1H3,(H,34,35). The van der Waals surface area contributed by atoms with Gasteiger partial charge in [0.15, 0.2) is 11.5 Å². The number of benzene rings is 3. The molecule has 186 valence electrons. The lowest BCUT2D eigenvalue weighted by Crippen LogP contribution is -2.12. The number of anilines is 3. The lowest BCUT2D eigenvalue weighted by Gasteiger charge is -2.19. The van der Waals surface area contributed by atoms with Crippen LogP contribution in [-0.2, 0) is 6.54 Å². The zero-order valence-corrected chi connectivity index (χ0v) is 20.5. The van der Waals surface area contributed by atoms with Gasteiger partial charge in [-0.2, -0.15) is 0 Å². The number of halogens is 1. The molecule has 5 rings (SSSR count). The highest BCUT2D eigenvalue weighted by Crippen LogP contribution is 2.33. The maximum Gasteiger partial charge on any atom is 0.337 e. The molecule has 2 N–H and O–H groups in total. The van der Waals surface area contributed by atoms with E-state index in [2.05, 4.69) is 10.3 Å². The molecule has 1 aliphatic rings. The monoisotopic (exact) mass is 515 g/mol.